The molecule has 0 spiro atoms. The Balaban J connectivity index is 1.99. The molecule has 184 valence electrons. The SMILES string of the molecule is CC(C)(C)NC(=O)COC[C@H](CC(=O)O)NC(c1ccccc1)(c1ccccc1)c1ccccc1. The van der Waals surface area contributed by atoms with Crippen LogP contribution in [0.2, 0.25) is 0 Å². The molecule has 0 aliphatic carbocycles. The lowest BCUT2D eigenvalue weighted by Gasteiger charge is -2.40. The topological polar surface area (TPSA) is 87.7 Å². The number of benzene rings is 3. The van der Waals surface area contributed by atoms with Crippen LogP contribution in [-0.2, 0) is 19.9 Å². The Morgan fingerprint density at radius 2 is 1.23 bits per heavy atom. The number of ether oxygens (including phenoxy) is 1. The minimum absolute atomic E-state index is 0.0537. The fraction of sp³-hybridized carbons (Fsp3) is 0.310. The third-order valence-corrected chi connectivity index (χ3v) is 5.53. The molecule has 0 unspecified atom stereocenters. The molecule has 1 atom stereocenters. The first kappa shape index (κ1) is 26.1. The van der Waals surface area contributed by atoms with Gasteiger partial charge in [0.05, 0.1) is 18.6 Å². The van der Waals surface area contributed by atoms with Crippen LogP contribution in [0.3, 0.4) is 0 Å². The van der Waals surface area contributed by atoms with E-state index >= 15 is 0 Å². The normalized spacial score (nSPS) is 12.7. The largest absolute Gasteiger partial charge is 0.481 e. The van der Waals surface area contributed by atoms with Crippen molar-refractivity contribution in [3.05, 3.63) is 108 Å². The van der Waals surface area contributed by atoms with Gasteiger partial charge < -0.3 is 15.2 Å². The molecule has 0 heterocycles. The predicted molar refractivity (Wildman–Crippen MR) is 137 cm³/mol. The number of nitrogens with one attached hydrogen (secondary N) is 2. The molecule has 0 fully saturated rings. The van der Waals surface area contributed by atoms with E-state index in [-0.39, 0.29) is 31.1 Å². The summed E-state index contributed by atoms with van der Waals surface area (Å²) in [5.74, 6) is -1.19. The molecule has 3 rings (SSSR count). The smallest absolute Gasteiger partial charge is 0.305 e. The van der Waals surface area contributed by atoms with Crippen LogP contribution in [0.5, 0.6) is 0 Å². The number of hydrogen-bond donors (Lipinski definition) is 3. The van der Waals surface area contributed by atoms with Gasteiger partial charge in [-0.15, -0.1) is 0 Å². The second-order valence-electron chi connectivity index (χ2n) is 9.60. The summed E-state index contributed by atoms with van der Waals surface area (Å²) in [6.07, 6.45) is -0.171. The van der Waals surface area contributed by atoms with Crippen LogP contribution in [-0.4, -0.2) is 41.8 Å². The number of aliphatic carboxylic acids is 1. The fourth-order valence-corrected chi connectivity index (χ4v) is 4.23. The lowest BCUT2D eigenvalue weighted by Crippen LogP contribution is -2.52. The van der Waals surface area contributed by atoms with Gasteiger partial charge in [-0.2, -0.15) is 0 Å². The standard InChI is InChI=1S/C29H34N2O4/c1-28(2,3)31-26(32)21-35-20-25(19-27(33)34)30-29(22-13-7-4-8-14-22,23-15-9-5-10-16-23)24-17-11-6-12-18-24/h4-18,25,30H,19-21H2,1-3H3,(H,31,32)(H,33,34)/t25-/m0/s1. The van der Waals surface area contributed by atoms with Crippen molar-refractivity contribution in [2.75, 3.05) is 13.2 Å². The predicted octanol–water partition coefficient (Wildman–Crippen LogP) is 4.34. The molecular formula is C29H34N2O4. The Labute approximate surface area is 207 Å². The van der Waals surface area contributed by atoms with E-state index in [1.54, 1.807) is 0 Å². The number of hydrogen-bond acceptors (Lipinski definition) is 4. The highest BCUT2D eigenvalue weighted by Gasteiger charge is 2.38. The van der Waals surface area contributed by atoms with Gasteiger partial charge in [-0.3, -0.25) is 14.9 Å². The van der Waals surface area contributed by atoms with Gasteiger partial charge in [0.2, 0.25) is 5.91 Å². The van der Waals surface area contributed by atoms with Crippen molar-refractivity contribution in [1.82, 2.24) is 10.6 Å². The van der Waals surface area contributed by atoms with Gasteiger partial charge in [-0.25, -0.2) is 0 Å². The van der Waals surface area contributed by atoms with E-state index in [4.69, 9.17) is 4.74 Å². The second kappa shape index (κ2) is 11.8. The molecule has 0 saturated heterocycles. The number of carbonyl (C=O) groups excluding carboxylic acids is 1. The van der Waals surface area contributed by atoms with E-state index in [2.05, 4.69) is 10.6 Å². The zero-order valence-electron chi connectivity index (χ0n) is 20.5. The van der Waals surface area contributed by atoms with Crippen LogP contribution in [0.25, 0.3) is 0 Å². The molecule has 6 heteroatoms. The van der Waals surface area contributed by atoms with Crippen LogP contribution in [0.1, 0.15) is 43.9 Å². The second-order valence-corrected chi connectivity index (χ2v) is 9.60. The highest BCUT2D eigenvalue weighted by atomic mass is 16.5. The third kappa shape index (κ3) is 7.25. The molecule has 0 radical (unpaired) electrons. The van der Waals surface area contributed by atoms with Crippen molar-refractivity contribution in [2.24, 2.45) is 0 Å². The zero-order chi connectivity index (χ0) is 25.3. The summed E-state index contributed by atoms with van der Waals surface area (Å²) in [4.78, 5) is 24.1. The van der Waals surface area contributed by atoms with Crippen molar-refractivity contribution in [3.63, 3.8) is 0 Å². The van der Waals surface area contributed by atoms with Crippen molar-refractivity contribution in [3.8, 4) is 0 Å². The molecule has 6 nitrogen and oxygen atoms in total. The summed E-state index contributed by atoms with van der Waals surface area (Å²) >= 11 is 0. The molecule has 3 aromatic rings. The zero-order valence-corrected chi connectivity index (χ0v) is 20.5. The summed E-state index contributed by atoms with van der Waals surface area (Å²) in [6.45, 7) is 5.59. The summed E-state index contributed by atoms with van der Waals surface area (Å²) in [6, 6.07) is 29.3. The van der Waals surface area contributed by atoms with E-state index in [1.807, 2.05) is 112 Å². The van der Waals surface area contributed by atoms with Gasteiger partial charge in [0, 0.05) is 11.6 Å². The minimum atomic E-state index is -0.951. The maximum Gasteiger partial charge on any atom is 0.305 e. The molecule has 0 aliphatic rings. The fourth-order valence-electron chi connectivity index (χ4n) is 4.23. The van der Waals surface area contributed by atoms with Crippen LogP contribution in [0.15, 0.2) is 91.0 Å². The van der Waals surface area contributed by atoms with E-state index in [1.165, 1.54) is 0 Å². The molecule has 3 aromatic carbocycles. The van der Waals surface area contributed by atoms with Gasteiger partial charge in [0.25, 0.3) is 0 Å². The Morgan fingerprint density at radius 3 is 1.60 bits per heavy atom. The molecule has 0 aromatic heterocycles. The average Bonchev–Trinajstić information content (AvgIpc) is 2.82. The summed E-state index contributed by atoms with van der Waals surface area (Å²) in [5, 5.41) is 16.2. The maximum atomic E-state index is 12.2. The van der Waals surface area contributed by atoms with Crippen LogP contribution in [0, 0.1) is 0 Å². The number of amides is 1. The Bertz CT molecular complexity index is 983. The van der Waals surface area contributed by atoms with E-state index in [9.17, 15) is 14.7 Å². The van der Waals surface area contributed by atoms with Crippen molar-refractivity contribution < 1.29 is 19.4 Å². The van der Waals surface area contributed by atoms with Crippen molar-refractivity contribution in [2.45, 2.75) is 44.3 Å². The number of carboxylic acid groups (broad SMARTS) is 1. The first-order valence-corrected chi connectivity index (χ1v) is 11.8. The van der Waals surface area contributed by atoms with Gasteiger partial charge in [-0.1, -0.05) is 91.0 Å². The minimum Gasteiger partial charge on any atom is -0.481 e. The highest BCUT2D eigenvalue weighted by Crippen LogP contribution is 2.37. The Morgan fingerprint density at radius 1 is 0.800 bits per heavy atom. The highest BCUT2D eigenvalue weighted by molar-refractivity contribution is 5.77. The Hall–Kier alpha value is -3.48. The van der Waals surface area contributed by atoms with E-state index in [0.29, 0.717) is 0 Å². The lowest BCUT2D eigenvalue weighted by atomic mass is 9.76. The first-order chi connectivity index (χ1) is 16.7. The molecule has 0 saturated carbocycles. The monoisotopic (exact) mass is 474 g/mol. The molecule has 35 heavy (non-hydrogen) atoms. The number of rotatable bonds is 11. The third-order valence-electron chi connectivity index (χ3n) is 5.53. The molecule has 0 aliphatic heterocycles. The first-order valence-electron chi connectivity index (χ1n) is 11.8. The summed E-state index contributed by atoms with van der Waals surface area (Å²) < 4.78 is 5.72. The Kier molecular flexibility index (Phi) is 8.79. The molecule has 1 amide bonds. The summed E-state index contributed by atoms with van der Waals surface area (Å²) in [5.41, 5.74) is 1.71. The van der Waals surface area contributed by atoms with E-state index < -0.39 is 17.6 Å². The quantitative estimate of drug-likeness (QED) is 0.360. The van der Waals surface area contributed by atoms with Crippen molar-refractivity contribution in [1.29, 1.82) is 0 Å². The maximum absolute atomic E-state index is 12.2. The number of carboxylic acids is 1. The van der Waals surface area contributed by atoms with Gasteiger partial charge in [0.15, 0.2) is 0 Å². The van der Waals surface area contributed by atoms with Gasteiger partial charge in [0.1, 0.15) is 6.61 Å². The average molecular weight is 475 g/mol. The molecule has 3 N–H and O–H groups in total. The van der Waals surface area contributed by atoms with Crippen LogP contribution >= 0.6 is 0 Å². The lowest BCUT2D eigenvalue weighted by molar-refractivity contribution is -0.138. The van der Waals surface area contributed by atoms with Gasteiger partial charge in [-0.05, 0) is 37.5 Å². The van der Waals surface area contributed by atoms with Crippen LogP contribution < -0.4 is 10.6 Å². The summed E-state index contributed by atoms with van der Waals surface area (Å²) in [7, 11) is 0. The molecule has 0 bridgehead atoms. The molecular weight excluding hydrogens is 440 g/mol. The van der Waals surface area contributed by atoms with Gasteiger partial charge >= 0.3 is 5.97 Å². The van der Waals surface area contributed by atoms with Crippen molar-refractivity contribution >= 4 is 11.9 Å². The van der Waals surface area contributed by atoms with Crippen LogP contribution in [0.4, 0.5) is 0 Å². The van der Waals surface area contributed by atoms with E-state index in [0.717, 1.165) is 16.7 Å². The number of carbonyl (C=O) groups is 2.